The molecule has 2 rings (SSSR count). The molecule has 1 aliphatic rings. The van der Waals surface area contributed by atoms with Crippen molar-refractivity contribution in [2.45, 2.75) is 58.2 Å². The number of ether oxygens (including phenoxy) is 3. The van der Waals surface area contributed by atoms with Gasteiger partial charge in [0.1, 0.15) is 5.60 Å². The van der Waals surface area contributed by atoms with Crippen molar-refractivity contribution in [3.8, 4) is 11.5 Å². The third kappa shape index (κ3) is 4.38. The van der Waals surface area contributed by atoms with Gasteiger partial charge >= 0.3 is 5.97 Å². The molecule has 4 nitrogen and oxygen atoms in total. The van der Waals surface area contributed by atoms with E-state index < -0.39 is 5.60 Å². The molecule has 4 heteroatoms. The molecule has 0 aliphatic heterocycles. The maximum atomic E-state index is 12.1. The zero-order chi connectivity index (χ0) is 15.5. The zero-order valence-electron chi connectivity index (χ0n) is 13.3. The van der Waals surface area contributed by atoms with E-state index in [9.17, 15) is 4.79 Å². The highest BCUT2D eigenvalue weighted by Crippen LogP contribution is 2.32. The molecule has 0 heterocycles. The van der Waals surface area contributed by atoms with Crippen molar-refractivity contribution < 1.29 is 19.0 Å². The van der Waals surface area contributed by atoms with Crippen LogP contribution in [0.15, 0.2) is 18.2 Å². The third-order valence-corrected chi connectivity index (χ3v) is 3.39. The van der Waals surface area contributed by atoms with Gasteiger partial charge in [-0.2, -0.15) is 0 Å². The summed E-state index contributed by atoms with van der Waals surface area (Å²) in [4.78, 5) is 12.1. The molecule has 0 amide bonds. The van der Waals surface area contributed by atoms with Crippen LogP contribution in [0.25, 0.3) is 0 Å². The Morgan fingerprint density at radius 2 is 1.81 bits per heavy atom. The van der Waals surface area contributed by atoms with E-state index in [2.05, 4.69) is 0 Å². The van der Waals surface area contributed by atoms with Crippen LogP contribution in [0, 0.1) is 0 Å². The van der Waals surface area contributed by atoms with Crippen molar-refractivity contribution in [1.82, 2.24) is 0 Å². The maximum Gasteiger partial charge on any atom is 0.338 e. The SMILES string of the molecule is COc1ccc(C(=O)OC(C)(C)C)cc1OC1CCCC1. The molecular formula is C17H24O4. The van der Waals surface area contributed by atoms with E-state index >= 15 is 0 Å². The van der Waals surface area contributed by atoms with E-state index in [0.29, 0.717) is 17.1 Å². The summed E-state index contributed by atoms with van der Waals surface area (Å²) in [7, 11) is 1.60. The molecule has 1 aliphatic carbocycles. The van der Waals surface area contributed by atoms with Gasteiger partial charge < -0.3 is 14.2 Å². The largest absolute Gasteiger partial charge is 0.493 e. The number of hydrogen-bond acceptors (Lipinski definition) is 4. The molecule has 21 heavy (non-hydrogen) atoms. The molecule has 1 aromatic rings. The molecule has 1 aromatic carbocycles. The van der Waals surface area contributed by atoms with Crippen molar-refractivity contribution >= 4 is 5.97 Å². The zero-order valence-corrected chi connectivity index (χ0v) is 13.3. The van der Waals surface area contributed by atoms with Crippen molar-refractivity contribution in [2.24, 2.45) is 0 Å². The summed E-state index contributed by atoms with van der Waals surface area (Å²) in [6.07, 6.45) is 4.71. The quantitative estimate of drug-likeness (QED) is 0.788. The lowest BCUT2D eigenvalue weighted by atomic mass is 10.1. The second kappa shape index (κ2) is 6.37. The van der Waals surface area contributed by atoms with Crippen molar-refractivity contribution in [3.05, 3.63) is 23.8 Å². The first-order valence-electron chi connectivity index (χ1n) is 7.47. The first-order valence-corrected chi connectivity index (χ1v) is 7.47. The topological polar surface area (TPSA) is 44.8 Å². The molecule has 0 saturated heterocycles. The van der Waals surface area contributed by atoms with Gasteiger partial charge in [-0.1, -0.05) is 0 Å². The lowest BCUT2D eigenvalue weighted by molar-refractivity contribution is 0.00688. The van der Waals surface area contributed by atoms with Crippen molar-refractivity contribution in [3.63, 3.8) is 0 Å². The molecule has 1 fully saturated rings. The molecule has 1 saturated carbocycles. The molecule has 0 spiro atoms. The Morgan fingerprint density at radius 3 is 2.38 bits per heavy atom. The summed E-state index contributed by atoms with van der Waals surface area (Å²) in [5.74, 6) is 0.920. The van der Waals surface area contributed by atoms with Gasteiger partial charge in [0.2, 0.25) is 0 Å². The summed E-state index contributed by atoms with van der Waals surface area (Å²) in [5, 5.41) is 0. The Kier molecular flexibility index (Phi) is 4.76. The minimum absolute atomic E-state index is 0.216. The highest BCUT2D eigenvalue weighted by molar-refractivity contribution is 5.90. The van der Waals surface area contributed by atoms with Gasteiger partial charge in [-0.15, -0.1) is 0 Å². The van der Waals surface area contributed by atoms with Crippen molar-refractivity contribution in [2.75, 3.05) is 7.11 Å². The van der Waals surface area contributed by atoms with Gasteiger partial charge in [-0.25, -0.2) is 4.79 Å². The monoisotopic (exact) mass is 292 g/mol. The Hall–Kier alpha value is -1.71. The van der Waals surface area contributed by atoms with Crippen LogP contribution in [-0.2, 0) is 4.74 Å². The number of carbonyl (C=O) groups excluding carboxylic acids is 1. The van der Waals surface area contributed by atoms with E-state index in [0.717, 1.165) is 12.8 Å². The fourth-order valence-corrected chi connectivity index (χ4v) is 2.42. The van der Waals surface area contributed by atoms with E-state index in [-0.39, 0.29) is 12.1 Å². The molecule has 116 valence electrons. The first-order chi connectivity index (χ1) is 9.89. The average Bonchev–Trinajstić information content (AvgIpc) is 2.89. The fraction of sp³-hybridized carbons (Fsp3) is 0.588. The van der Waals surface area contributed by atoms with Crippen LogP contribution in [0.2, 0.25) is 0 Å². The predicted octanol–water partition coefficient (Wildman–Crippen LogP) is 3.97. The lowest BCUT2D eigenvalue weighted by Crippen LogP contribution is -2.24. The summed E-state index contributed by atoms with van der Waals surface area (Å²) in [6, 6.07) is 5.17. The highest BCUT2D eigenvalue weighted by Gasteiger charge is 2.22. The van der Waals surface area contributed by atoms with Crippen molar-refractivity contribution in [1.29, 1.82) is 0 Å². The summed E-state index contributed by atoms with van der Waals surface area (Å²) < 4.78 is 16.7. The third-order valence-electron chi connectivity index (χ3n) is 3.39. The van der Waals surface area contributed by atoms with Gasteiger partial charge in [-0.05, 0) is 64.7 Å². The van der Waals surface area contributed by atoms with Crippen LogP contribution in [0.1, 0.15) is 56.8 Å². The van der Waals surface area contributed by atoms with E-state index in [1.807, 2.05) is 20.8 Å². The predicted molar refractivity (Wildman–Crippen MR) is 81.0 cm³/mol. The van der Waals surface area contributed by atoms with E-state index in [4.69, 9.17) is 14.2 Å². The lowest BCUT2D eigenvalue weighted by Gasteiger charge is -2.20. The molecule has 0 radical (unpaired) electrons. The van der Waals surface area contributed by atoms with Crippen LogP contribution in [0.5, 0.6) is 11.5 Å². The molecule has 0 bridgehead atoms. The number of methoxy groups -OCH3 is 1. The van der Waals surface area contributed by atoms with Gasteiger partial charge in [0.25, 0.3) is 0 Å². The molecule has 0 atom stereocenters. The number of rotatable bonds is 4. The van der Waals surface area contributed by atoms with Crippen LogP contribution < -0.4 is 9.47 Å². The standard InChI is InChI=1S/C17H24O4/c1-17(2,3)21-16(18)12-9-10-14(19-4)15(11-12)20-13-7-5-6-8-13/h9-11,13H,5-8H2,1-4H3. The molecule has 0 aromatic heterocycles. The van der Waals surface area contributed by atoms with Crippen LogP contribution in [0.4, 0.5) is 0 Å². The minimum Gasteiger partial charge on any atom is -0.493 e. The van der Waals surface area contributed by atoms with E-state index in [1.54, 1.807) is 25.3 Å². The maximum absolute atomic E-state index is 12.1. The Labute approximate surface area is 126 Å². The number of hydrogen-bond donors (Lipinski definition) is 0. The number of esters is 1. The summed E-state index contributed by atoms with van der Waals surface area (Å²) >= 11 is 0. The normalized spacial score (nSPS) is 15.8. The molecule has 0 unspecified atom stereocenters. The first kappa shape index (κ1) is 15.7. The fourth-order valence-electron chi connectivity index (χ4n) is 2.42. The minimum atomic E-state index is -0.510. The van der Waals surface area contributed by atoms with Gasteiger partial charge in [0.15, 0.2) is 11.5 Å². The smallest absolute Gasteiger partial charge is 0.338 e. The second-order valence-electron chi connectivity index (χ2n) is 6.39. The van der Waals surface area contributed by atoms with Crippen LogP contribution in [0.3, 0.4) is 0 Å². The average molecular weight is 292 g/mol. The van der Waals surface area contributed by atoms with Gasteiger partial charge in [0, 0.05) is 0 Å². The van der Waals surface area contributed by atoms with Gasteiger partial charge in [-0.3, -0.25) is 0 Å². The molecule has 0 N–H and O–H groups in total. The summed E-state index contributed by atoms with van der Waals surface area (Å²) in [5.41, 5.74) is -0.0255. The van der Waals surface area contributed by atoms with E-state index in [1.165, 1.54) is 12.8 Å². The van der Waals surface area contributed by atoms with Gasteiger partial charge in [0.05, 0.1) is 18.8 Å². The second-order valence-corrected chi connectivity index (χ2v) is 6.39. The number of carbonyl (C=O) groups is 1. The molecular weight excluding hydrogens is 268 g/mol. The van der Waals surface area contributed by atoms with Crippen LogP contribution in [-0.4, -0.2) is 24.8 Å². The Balaban J connectivity index is 2.18. The summed E-state index contributed by atoms with van der Waals surface area (Å²) in [6.45, 7) is 5.55. The van der Waals surface area contributed by atoms with Crippen LogP contribution >= 0.6 is 0 Å². The number of benzene rings is 1. The highest BCUT2D eigenvalue weighted by atomic mass is 16.6. The Bertz CT molecular complexity index is 496. The Morgan fingerprint density at radius 1 is 1.14 bits per heavy atom.